The number of carboxylic acids is 1. The Kier molecular flexibility index (Phi) is 3.70. The molecule has 0 amide bonds. The summed E-state index contributed by atoms with van der Waals surface area (Å²) < 4.78 is 12.2. The van der Waals surface area contributed by atoms with Crippen LogP contribution in [0, 0.1) is 5.92 Å². The molecule has 1 aliphatic rings. The van der Waals surface area contributed by atoms with E-state index < -0.39 is 11.9 Å². The van der Waals surface area contributed by atoms with Crippen LogP contribution in [0.3, 0.4) is 0 Å². The summed E-state index contributed by atoms with van der Waals surface area (Å²) in [5, 5.41) is 13.6. The van der Waals surface area contributed by atoms with E-state index in [4.69, 9.17) is 14.6 Å². The van der Waals surface area contributed by atoms with Gasteiger partial charge >= 0.3 is 5.97 Å². The van der Waals surface area contributed by atoms with E-state index in [1.54, 1.807) is 25.0 Å². The van der Waals surface area contributed by atoms with Gasteiger partial charge in [-0.2, -0.15) is 5.10 Å². The van der Waals surface area contributed by atoms with Crippen molar-refractivity contribution in [2.24, 2.45) is 5.92 Å². The summed E-state index contributed by atoms with van der Waals surface area (Å²) in [7, 11) is 3.17. The zero-order valence-corrected chi connectivity index (χ0v) is 12.4. The third-order valence-electron chi connectivity index (χ3n) is 3.82. The average molecular weight is 303 g/mol. The SMILES string of the molecule is COc1cc(OC)cc(-c2nc3n(n2)CC(C(=O)O)CC3)c1. The highest BCUT2D eigenvalue weighted by Gasteiger charge is 2.26. The third kappa shape index (κ3) is 2.61. The molecule has 7 heteroatoms. The first-order chi connectivity index (χ1) is 10.6. The molecule has 1 aromatic carbocycles. The largest absolute Gasteiger partial charge is 0.497 e. The Hall–Kier alpha value is -2.57. The fraction of sp³-hybridized carbons (Fsp3) is 0.400. The molecule has 1 unspecified atom stereocenters. The molecule has 2 heterocycles. The van der Waals surface area contributed by atoms with Crippen LogP contribution in [0.1, 0.15) is 12.2 Å². The predicted molar refractivity (Wildman–Crippen MR) is 78.0 cm³/mol. The molecule has 0 fully saturated rings. The van der Waals surface area contributed by atoms with Crippen molar-refractivity contribution in [3.05, 3.63) is 24.0 Å². The number of fused-ring (bicyclic) bond motifs is 1. The van der Waals surface area contributed by atoms with Gasteiger partial charge in [-0.3, -0.25) is 4.79 Å². The Labute approximate surface area is 127 Å². The molecule has 116 valence electrons. The Morgan fingerprint density at radius 1 is 1.27 bits per heavy atom. The molecule has 0 spiro atoms. The quantitative estimate of drug-likeness (QED) is 0.923. The molecule has 1 aliphatic heterocycles. The van der Waals surface area contributed by atoms with Crippen molar-refractivity contribution in [3.63, 3.8) is 0 Å². The lowest BCUT2D eigenvalue weighted by molar-refractivity contribution is -0.142. The number of methoxy groups -OCH3 is 2. The van der Waals surface area contributed by atoms with Gasteiger partial charge in [0.1, 0.15) is 17.3 Å². The van der Waals surface area contributed by atoms with Gasteiger partial charge in [-0.05, 0) is 18.6 Å². The topological polar surface area (TPSA) is 86.5 Å². The molecule has 0 saturated carbocycles. The minimum atomic E-state index is -0.786. The molecule has 7 nitrogen and oxygen atoms in total. The lowest BCUT2D eigenvalue weighted by atomic mass is 10.0. The number of carbonyl (C=O) groups is 1. The lowest BCUT2D eigenvalue weighted by Gasteiger charge is -2.18. The number of benzene rings is 1. The number of hydrogen-bond donors (Lipinski definition) is 1. The van der Waals surface area contributed by atoms with Gasteiger partial charge in [0.2, 0.25) is 0 Å². The van der Waals surface area contributed by atoms with Crippen molar-refractivity contribution >= 4 is 5.97 Å². The summed E-state index contributed by atoms with van der Waals surface area (Å²) in [4.78, 5) is 15.6. The predicted octanol–water partition coefficient (Wildman–Crippen LogP) is 1.61. The fourth-order valence-corrected chi connectivity index (χ4v) is 2.57. The van der Waals surface area contributed by atoms with E-state index >= 15 is 0 Å². The summed E-state index contributed by atoms with van der Waals surface area (Å²) in [6.07, 6.45) is 1.21. The average Bonchev–Trinajstić information content (AvgIpc) is 2.97. The van der Waals surface area contributed by atoms with Crippen molar-refractivity contribution < 1.29 is 19.4 Å². The van der Waals surface area contributed by atoms with Gasteiger partial charge in [0, 0.05) is 18.1 Å². The van der Waals surface area contributed by atoms with E-state index in [0.29, 0.717) is 36.7 Å². The molecule has 0 radical (unpaired) electrons. The molecule has 22 heavy (non-hydrogen) atoms. The van der Waals surface area contributed by atoms with E-state index in [1.165, 1.54) is 0 Å². The molecule has 1 aromatic heterocycles. The Morgan fingerprint density at radius 2 is 1.95 bits per heavy atom. The number of ether oxygens (including phenoxy) is 2. The molecular weight excluding hydrogens is 286 g/mol. The standard InChI is InChI=1S/C15H17N3O4/c1-21-11-5-10(6-12(7-11)22-2)14-16-13-4-3-9(15(19)20)8-18(13)17-14/h5-7,9H,3-4,8H2,1-2H3,(H,19,20). The Morgan fingerprint density at radius 3 is 2.55 bits per heavy atom. The number of hydrogen-bond acceptors (Lipinski definition) is 5. The first-order valence-electron chi connectivity index (χ1n) is 7.00. The van der Waals surface area contributed by atoms with E-state index in [1.807, 2.05) is 12.1 Å². The number of carboxylic acid groups (broad SMARTS) is 1. The maximum Gasteiger partial charge on any atom is 0.308 e. The number of nitrogens with zero attached hydrogens (tertiary/aromatic N) is 3. The second kappa shape index (κ2) is 5.67. The first-order valence-corrected chi connectivity index (χ1v) is 7.00. The summed E-state index contributed by atoms with van der Waals surface area (Å²) in [5.74, 6) is 1.50. The zero-order valence-electron chi connectivity index (χ0n) is 12.4. The van der Waals surface area contributed by atoms with Crippen LogP contribution >= 0.6 is 0 Å². The maximum absolute atomic E-state index is 11.1. The van der Waals surface area contributed by atoms with Crippen LogP contribution < -0.4 is 9.47 Å². The zero-order chi connectivity index (χ0) is 15.7. The normalized spacial score (nSPS) is 16.9. The molecule has 2 aromatic rings. The molecule has 0 saturated heterocycles. The van der Waals surface area contributed by atoms with Gasteiger partial charge < -0.3 is 14.6 Å². The lowest BCUT2D eigenvalue weighted by Crippen LogP contribution is -2.27. The number of aryl methyl sites for hydroxylation is 1. The number of aliphatic carboxylic acids is 1. The highest BCUT2D eigenvalue weighted by molar-refractivity contribution is 5.70. The smallest absolute Gasteiger partial charge is 0.308 e. The van der Waals surface area contributed by atoms with Gasteiger partial charge in [-0.25, -0.2) is 9.67 Å². The minimum absolute atomic E-state index is 0.360. The van der Waals surface area contributed by atoms with Crippen molar-refractivity contribution in [2.75, 3.05) is 14.2 Å². The molecule has 1 atom stereocenters. The van der Waals surface area contributed by atoms with E-state index in [0.717, 1.165) is 11.4 Å². The van der Waals surface area contributed by atoms with E-state index in [9.17, 15) is 4.79 Å². The van der Waals surface area contributed by atoms with Gasteiger partial charge in [-0.15, -0.1) is 0 Å². The van der Waals surface area contributed by atoms with E-state index in [2.05, 4.69) is 10.1 Å². The summed E-state index contributed by atoms with van der Waals surface area (Å²) in [6.45, 7) is 0.360. The van der Waals surface area contributed by atoms with Gasteiger partial charge in [-0.1, -0.05) is 0 Å². The first kappa shape index (κ1) is 14.4. The van der Waals surface area contributed by atoms with Gasteiger partial charge in [0.05, 0.1) is 26.7 Å². The molecular formula is C15H17N3O4. The number of aromatic nitrogens is 3. The minimum Gasteiger partial charge on any atom is -0.497 e. The van der Waals surface area contributed by atoms with Crippen molar-refractivity contribution in [2.45, 2.75) is 19.4 Å². The molecule has 0 aliphatic carbocycles. The third-order valence-corrected chi connectivity index (χ3v) is 3.82. The van der Waals surface area contributed by atoms with Crippen LogP contribution in [0.15, 0.2) is 18.2 Å². The van der Waals surface area contributed by atoms with Crippen LogP contribution in [0.5, 0.6) is 11.5 Å². The van der Waals surface area contributed by atoms with Gasteiger partial charge in [0.25, 0.3) is 0 Å². The Balaban J connectivity index is 1.96. The maximum atomic E-state index is 11.1. The molecule has 1 N–H and O–H groups in total. The highest BCUT2D eigenvalue weighted by Crippen LogP contribution is 2.29. The van der Waals surface area contributed by atoms with Crippen LogP contribution in [0.2, 0.25) is 0 Å². The number of rotatable bonds is 4. The van der Waals surface area contributed by atoms with Crippen molar-refractivity contribution in [1.29, 1.82) is 0 Å². The van der Waals surface area contributed by atoms with Crippen molar-refractivity contribution in [3.8, 4) is 22.9 Å². The van der Waals surface area contributed by atoms with Crippen LogP contribution in [-0.2, 0) is 17.8 Å². The molecule has 0 bridgehead atoms. The fourth-order valence-electron chi connectivity index (χ4n) is 2.57. The summed E-state index contributed by atoms with van der Waals surface area (Å²) in [6, 6.07) is 5.44. The monoisotopic (exact) mass is 303 g/mol. The summed E-state index contributed by atoms with van der Waals surface area (Å²) >= 11 is 0. The van der Waals surface area contributed by atoms with Crippen molar-refractivity contribution in [1.82, 2.24) is 14.8 Å². The molecule has 3 rings (SSSR count). The van der Waals surface area contributed by atoms with Crippen LogP contribution in [-0.4, -0.2) is 40.1 Å². The second-order valence-corrected chi connectivity index (χ2v) is 5.21. The Bertz CT molecular complexity index is 689. The van der Waals surface area contributed by atoms with E-state index in [-0.39, 0.29) is 0 Å². The summed E-state index contributed by atoms with van der Waals surface area (Å²) in [5.41, 5.74) is 0.782. The van der Waals surface area contributed by atoms with Gasteiger partial charge in [0.15, 0.2) is 5.82 Å². The highest BCUT2D eigenvalue weighted by atomic mass is 16.5. The van der Waals surface area contributed by atoms with Crippen LogP contribution in [0.25, 0.3) is 11.4 Å². The van der Waals surface area contributed by atoms with Crippen LogP contribution in [0.4, 0.5) is 0 Å². The second-order valence-electron chi connectivity index (χ2n) is 5.21.